The summed E-state index contributed by atoms with van der Waals surface area (Å²) in [5.74, 6) is -0.567. The molecule has 26 heavy (non-hydrogen) atoms. The Morgan fingerprint density at radius 3 is 2.23 bits per heavy atom. The third-order valence-electron chi connectivity index (χ3n) is 4.86. The number of nitrogens with zero attached hydrogens (tertiary/aromatic N) is 2. The quantitative estimate of drug-likeness (QED) is 0.900. The van der Waals surface area contributed by atoms with E-state index in [1.807, 2.05) is 6.07 Å². The first-order valence-corrected chi connectivity index (χ1v) is 9.04. The third kappa shape index (κ3) is 4.04. The van der Waals surface area contributed by atoms with Gasteiger partial charge < -0.3 is 15.5 Å². The molecule has 1 aliphatic heterocycles. The van der Waals surface area contributed by atoms with E-state index in [1.165, 1.54) is 24.9 Å². The van der Waals surface area contributed by atoms with Crippen molar-refractivity contribution in [2.75, 3.05) is 25.0 Å². The van der Waals surface area contributed by atoms with Crippen LogP contribution in [-0.2, 0) is 6.54 Å². The van der Waals surface area contributed by atoms with E-state index in [9.17, 15) is 9.59 Å². The lowest BCUT2D eigenvalue weighted by atomic mass is 10.1. The molecule has 136 valence electrons. The minimum atomic E-state index is -0.493. The van der Waals surface area contributed by atoms with Crippen LogP contribution < -0.4 is 10.6 Å². The fourth-order valence-corrected chi connectivity index (χ4v) is 3.41. The first-order chi connectivity index (χ1) is 12.6. The number of primary amides is 1. The van der Waals surface area contributed by atoms with Gasteiger partial charge in [0.1, 0.15) is 0 Å². The van der Waals surface area contributed by atoms with Crippen molar-refractivity contribution in [3.8, 4) is 0 Å². The molecule has 1 aliphatic rings. The van der Waals surface area contributed by atoms with Crippen LogP contribution in [0.25, 0.3) is 0 Å². The number of carbonyl (C=O) groups excluding carboxylic acids is 2. The van der Waals surface area contributed by atoms with E-state index in [4.69, 9.17) is 5.73 Å². The summed E-state index contributed by atoms with van der Waals surface area (Å²) in [5.41, 5.74) is 8.57. The number of benzene rings is 2. The Labute approximate surface area is 154 Å². The van der Waals surface area contributed by atoms with E-state index >= 15 is 0 Å². The van der Waals surface area contributed by atoms with Gasteiger partial charge in [-0.1, -0.05) is 18.2 Å². The lowest BCUT2D eigenvalue weighted by Crippen LogP contribution is -2.32. The molecule has 3 rings (SSSR count). The van der Waals surface area contributed by atoms with Crippen molar-refractivity contribution in [2.24, 2.45) is 5.73 Å². The average molecular weight is 351 g/mol. The summed E-state index contributed by atoms with van der Waals surface area (Å²) >= 11 is 0. The van der Waals surface area contributed by atoms with Gasteiger partial charge >= 0.3 is 0 Å². The van der Waals surface area contributed by atoms with Gasteiger partial charge in [0.25, 0.3) is 5.91 Å². The summed E-state index contributed by atoms with van der Waals surface area (Å²) in [5, 5.41) is 0. The lowest BCUT2D eigenvalue weighted by Gasteiger charge is -2.31. The van der Waals surface area contributed by atoms with Crippen LogP contribution in [0.3, 0.4) is 0 Å². The number of para-hydroxylation sites is 1. The number of nitrogens with two attached hydrogens (primary N) is 1. The summed E-state index contributed by atoms with van der Waals surface area (Å²) in [4.78, 5) is 28.0. The van der Waals surface area contributed by atoms with E-state index < -0.39 is 5.91 Å². The van der Waals surface area contributed by atoms with Crippen LogP contribution in [0.4, 0.5) is 5.69 Å². The first-order valence-electron chi connectivity index (χ1n) is 9.04. The molecule has 5 heteroatoms. The number of anilines is 1. The molecule has 0 aliphatic carbocycles. The summed E-state index contributed by atoms with van der Waals surface area (Å²) in [6.45, 7) is 2.69. The molecule has 0 spiro atoms. The van der Waals surface area contributed by atoms with Gasteiger partial charge in [-0.15, -0.1) is 0 Å². The van der Waals surface area contributed by atoms with Crippen LogP contribution >= 0.6 is 0 Å². The van der Waals surface area contributed by atoms with Gasteiger partial charge in [-0.05, 0) is 55.2 Å². The molecule has 0 bridgehead atoms. The first kappa shape index (κ1) is 18.0. The molecule has 0 radical (unpaired) electrons. The van der Waals surface area contributed by atoms with Gasteiger partial charge in [-0.2, -0.15) is 0 Å². The summed E-state index contributed by atoms with van der Waals surface area (Å²) in [7, 11) is 1.80. The van der Waals surface area contributed by atoms with Crippen LogP contribution in [-0.4, -0.2) is 36.9 Å². The topological polar surface area (TPSA) is 66.6 Å². The van der Waals surface area contributed by atoms with Gasteiger partial charge in [0.2, 0.25) is 5.91 Å². The second-order valence-corrected chi connectivity index (χ2v) is 6.78. The Hall–Kier alpha value is -2.82. The highest BCUT2D eigenvalue weighted by molar-refractivity contribution is 5.97. The number of hydrogen-bond acceptors (Lipinski definition) is 3. The Balaban J connectivity index is 1.74. The maximum Gasteiger partial charge on any atom is 0.253 e. The molecule has 0 atom stereocenters. The zero-order chi connectivity index (χ0) is 18.5. The number of amides is 2. The van der Waals surface area contributed by atoms with Crippen LogP contribution in [0.5, 0.6) is 0 Å². The SMILES string of the molecule is CN(Cc1ccccc1N1CCCCC1)C(=O)c1ccc(C(N)=O)cc1. The van der Waals surface area contributed by atoms with Crippen molar-refractivity contribution >= 4 is 17.5 Å². The predicted octanol–water partition coefficient (Wildman–Crippen LogP) is 3.05. The molecule has 2 amide bonds. The molecule has 0 unspecified atom stereocenters. The molecule has 2 aromatic carbocycles. The molecule has 0 aromatic heterocycles. The fourth-order valence-electron chi connectivity index (χ4n) is 3.41. The summed E-state index contributed by atoms with van der Waals surface area (Å²) in [6.07, 6.45) is 3.73. The van der Waals surface area contributed by atoms with Crippen molar-refractivity contribution in [3.63, 3.8) is 0 Å². The summed E-state index contributed by atoms with van der Waals surface area (Å²) < 4.78 is 0. The lowest BCUT2D eigenvalue weighted by molar-refractivity contribution is 0.0784. The molecule has 1 fully saturated rings. The molecular formula is C21H25N3O2. The number of piperidine rings is 1. The van der Waals surface area contributed by atoms with Crippen LogP contribution in [0.1, 0.15) is 45.5 Å². The fraction of sp³-hybridized carbons (Fsp3) is 0.333. The van der Waals surface area contributed by atoms with Crippen LogP contribution in [0, 0.1) is 0 Å². The average Bonchev–Trinajstić information content (AvgIpc) is 2.68. The monoisotopic (exact) mass is 351 g/mol. The molecule has 1 heterocycles. The molecule has 1 saturated heterocycles. The van der Waals surface area contributed by atoms with Crippen molar-refractivity contribution < 1.29 is 9.59 Å². The van der Waals surface area contributed by atoms with Crippen molar-refractivity contribution in [1.82, 2.24) is 4.90 Å². The Morgan fingerprint density at radius 2 is 1.58 bits per heavy atom. The standard InChI is InChI=1S/C21H25N3O2/c1-23(21(26)17-11-9-16(10-12-17)20(22)25)15-18-7-3-4-8-19(18)24-13-5-2-6-14-24/h3-4,7-12H,2,5-6,13-15H2,1H3,(H2,22,25). The van der Waals surface area contributed by atoms with Crippen molar-refractivity contribution in [1.29, 1.82) is 0 Å². The van der Waals surface area contributed by atoms with Crippen molar-refractivity contribution in [2.45, 2.75) is 25.8 Å². The zero-order valence-corrected chi connectivity index (χ0v) is 15.1. The minimum Gasteiger partial charge on any atom is -0.371 e. The largest absolute Gasteiger partial charge is 0.371 e. The van der Waals surface area contributed by atoms with E-state index in [2.05, 4.69) is 23.1 Å². The maximum absolute atomic E-state index is 12.7. The second kappa shape index (κ2) is 8.04. The number of rotatable bonds is 5. The van der Waals surface area contributed by atoms with E-state index in [0.29, 0.717) is 17.7 Å². The van der Waals surface area contributed by atoms with Crippen LogP contribution in [0.2, 0.25) is 0 Å². The molecule has 2 aromatic rings. The Bertz CT molecular complexity index is 780. The van der Waals surface area contributed by atoms with Gasteiger partial charge in [0.15, 0.2) is 0 Å². The second-order valence-electron chi connectivity index (χ2n) is 6.78. The molecule has 0 saturated carbocycles. The minimum absolute atomic E-state index is 0.0746. The highest BCUT2D eigenvalue weighted by Gasteiger charge is 2.17. The van der Waals surface area contributed by atoms with Gasteiger partial charge in [-0.25, -0.2) is 0 Å². The smallest absolute Gasteiger partial charge is 0.253 e. The van der Waals surface area contributed by atoms with E-state index in [1.54, 1.807) is 36.2 Å². The number of carbonyl (C=O) groups is 2. The van der Waals surface area contributed by atoms with Crippen molar-refractivity contribution in [3.05, 3.63) is 65.2 Å². The summed E-state index contributed by atoms with van der Waals surface area (Å²) in [6, 6.07) is 14.8. The molecule has 2 N–H and O–H groups in total. The van der Waals surface area contributed by atoms with Gasteiger partial charge in [0.05, 0.1) is 0 Å². The Morgan fingerprint density at radius 1 is 0.962 bits per heavy atom. The highest BCUT2D eigenvalue weighted by Crippen LogP contribution is 2.25. The zero-order valence-electron chi connectivity index (χ0n) is 15.1. The van der Waals surface area contributed by atoms with Gasteiger partial charge in [0, 0.05) is 43.5 Å². The molecular weight excluding hydrogens is 326 g/mol. The maximum atomic E-state index is 12.7. The van der Waals surface area contributed by atoms with E-state index in [0.717, 1.165) is 18.7 Å². The third-order valence-corrected chi connectivity index (χ3v) is 4.86. The van der Waals surface area contributed by atoms with Gasteiger partial charge in [-0.3, -0.25) is 9.59 Å². The number of hydrogen-bond donors (Lipinski definition) is 1. The predicted molar refractivity (Wildman–Crippen MR) is 103 cm³/mol. The van der Waals surface area contributed by atoms with Crippen LogP contribution in [0.15, 0.2) is 48.5 Å². The molecule has 5 nitrogen and oxygen atoms in total. The Kier molecular flexibility index (Phi) is 5.56. The highest BCUT2D eigenvalue weighted by atomic mass is 16.2. The normalized spacial score (nSPS) is 14.1. The van der Waals surface area contributed by atoms with E-state index in [-0.39, 0.29) is 5.91 Å².